The summed E-state index contributed by atoms with van der Waals surface area (Å²) >= 11 is 5.89. The van der Waals surface area contributed by atoms with Gasteiger partial charge in [-0.15, -0.1) is 0 Å². The molecule has 0 radical (unpaired) electrons. The lowest BCUT2D eigenvalue weighted by Crippen LogP contribution is -2.37. The summed E-state index contributed by atoms with van der Waals surface area (Å²) in [6.07, 6.45) is 0.252. The predicted molar refractivity (Wildman–Crippen MR) is 99.2 cm³/mol. The van der Waals surface area contributed by atoms with Gasteiger partial charge >= 0.3 is 0 Å². The number of ether oxygens (including phenoxy) is 2. The van der Waals surface area contributed by atoms with E-state index in [0.29, 0.717) is 28.6 Å². The van der Waals surface area contributed by atoms with E-state index in [1.807, 2.05) is 0 Å². The third-order valence-electron chi connectivity index (χ3n) is 4.24. The molecule has 1 fully saturated rings. The highest BCUT2D eigenvalue weighted by Gasteiger charge is 2.31. The number of carbonyl (C=O) groups is 2. The van der Waals surface area contributed by atoms with E-state index in [0.717, 1.165) is 5.69 Å². The molecule has 1 heterocycles. The van der Waals surface area contributed by atoms with Gasteiger partial charge in [0.2, 0.25) is 5.91 Å². The van der Waals surface area contributed by atoms with Crippen molar-refractivity contribution in [2.24, 2.45) is 0 Å². The van der Waals surface area contributed by atoms with Crippen LogP contribution in [0.5, 0.6) is 11.5 Å². The number of benzene rings is 2. The molecule has 1 aliphatic rings. The van der Waals surface area contributed by atoms with Crippen molar-refractivity contribution >= 4 is 29.1 Å². The van der Waals surface area contributed by atoms with Crippen molar-refractivity contribution in [3.8, 4) is 11.5 Å². The van der Waals surface area contributed by atoms with Gasteiger partial charge in [-0.3, -0.25) is 9.59 Å². The second kappa shape index (κ2) is 7.66. The maximum atomic E-state index is 12.5. The molecule has 0 saturated carbocycles. The first-order valence-electron chi connectivity index (χ1n) is 8.10. The Bertz CT molecular complexity index is 823. The van der Waals surface area contributed by atoms with Gasteiger partial charge in [0.1, 0.15) is 0 Å². The van der Waals surface area contributed by atoms with Gasteiger partial charge in [-0.25, -0.2) is 0 Å². The van der Waals surface area contributed by atoms with Crippen LogP contribution in [0.15, 0.2) is 42.5 Å². The fourth-order valence-corrected chi connectivity index (χ4v) is 3.05. The first-order valence-corrected chi connectivity index (χ1v) is 8.48. The number of hydrogen-bond acceptors (Lipinski definition) is 4. The number of halogens is 1. The van der Waals surface area contributed by atoms with Crippen molar-refractivity contribution in [3.05, 3.63) is 53.1 Å². The number of nitrogens with zero attached hydrogens (tertiary/aromatic N) is 1. The molecule has 2 amide bonds. The zero-order valence-corrected chi connectivity index (χ0v) is 15.2. The van der Waals surface area contributed by atoms with Crippen LogP contribution in [-0.2, 0) is 4.79 Å². The number of hydrogen-bond donors (Lipinski definition) is 1. The van der Waals surface area contributed by atoms with Crippen LogP contribution in [0.4, 0.5) is 5.69 Å². The maximum Gasteiger partial charge on any atom is 0.251 e. The summed E-state index contributed by atoms with van der Waals surface area (Å²) in [5.41, 5.74) is 1.21. The molecule has 2 aromatic rings. The SMILES string of the molecule is COc1ccc(C(=O)N[C@@H]2CC(=O)N(c3ccc(Cl)cc3)C2)cc1OC. The summed E-state index contributed by atoms with van der Waals surface area (Å²) < 4.78 is 10.4. The molecule has 0 spiro atoms. The Labute approximate surface area is 156 Å². The van der Waals surface area contributed by atoms with E-state index < -0.39 is 0 Å². The summed E-state index contributed by atoms with van der Waals surface area (Å²) in [6.45, 7) is 0.416. The van der Waals surface area contributed by atoms with Gasteiger partial charge in [0.05, 0.1) is 20.3 Å². The molecule has 0 bridgehead atoms. The Balaban J connectivity index is 1.69. The molecule has 1 aliphatic heterocycles. The number of amides is 2. The summed E-state index contributed by atoms with van der Waals surface area (Å²) in [6, 6.07) is 11.7. The molecule has 0 unspecified atom stereocenters. The van der Waals surface area contributed by atoms with Gasteiger partial charge in [-0.2, -0.15) is 0 Å². The van der Waals surface area contributed by atoms with Crippen molar-refractivity contribution in [1.82, 2.24) is 5.32 Å². The minimum atomic E-state index is -0.265. The molecule has 6 nitrogen and oxygen atoms in total. The average molecular weight is 375 g/mol. The number of anilines is 1. The first kappa shape index (κ1) is 18.1. The highest BCUT2D eigenvalue weighted by atomic mass is 35.5. The second-order valence-corrected chi connectivity index (χ2v) is 6.36. The normalized spacial score (nSPS) is 16.5. The highest BCUT2D eigenvalue weighted by molar-refractivity contribution is 6.30. The number of nitrogens with one attached hydrogen (secondary N) is 1. The molecule has 0 aliphatic carbocycles. The fourth-order valence-electron chi connectivity index (χ4n) is 2.92. The molecule has 26 heavy (non-hydrogen) atoms. The van der Waals surface area contributed by atoms with Crippen LogP contribution in [-0.4, -0.2) is 38.6 Å². The molecule has 1 atom stereocenters. The van der Waals surface area contributed by atoms with E-state index in [-0.39, 0.29) is 24.3 Å². The van der Waals surface area contributed by atoms with E-state index in [1.165, 1.54) is 14.2 Å². The van der Waals surface area contributed by atoms with Crippen LogP contribution < -0.4 is 19.7 Å². The van der Waals surface area contributed by atoms with E-state index in [2.05, 4.69) is 5.32 Å². The third-order valence-corrected chi connectivity index (χ3v) is 4.50. The summed E-state index contributed by atoms with van der Waals surface area (Å²) in [5.74, 6) is 0.728. The van der Waals surface area contributed by atoms with Gasteiger partial charge in [0, 0.05) is 29.2 Å². The Morgan fingerprint density at radius 3 is 2.46 bits per heavy atom. The van der Waals surface area contributed by atoms with Crippen LogP contribution in [0.3, 0.4) is 0 Å². The van der Waals surface area contributed by atoms with Gasteiger partial charge < -0.3 is 19.7 Å². The molecule has 3 rings (SSSR count). The van der Waals surface area contributed by atoms with E-state index in [4.69, 9.17) is 21.1 Å². The largest absolute Gasteiger partial charge is 0.493 e. The lowest BCUT2D eigenvalue weighted by Gasteiger charge is -2.17. The smallest absolute Gasteiger partial charge is 0.251 e. The summed E-state index contributed by atoms with van der Waals surface area (Å²) in [7, 11) is 3.05. The molecule has 1 saturated heterocycles. The van der Waals surface area contributed by atoms with Crippen LogP contribution in [0.25, 0.3) is 0 Å². The molecule has 7 heteroatoms. The van der Waals surface area contributed by atoms with Crippen LogP contribution in [0.1, 0.15) is 16.8 Å². The quantitative estimate of drug-likeness (QED) is 0.873. The van der Waals surface area contributed by atoms with Gasteiger partial charge in [-0.1, -0.05) is 11.6 Å². The number of methoxy groups -OCH3 is 2. The zero-order valence-electron chi connectivity index (χ0n) is 14.5. The van der Waals surface area contributed by atoms with Crippen LogP contribution in [0, 0.1) is 0 Å². The third kappa shape index (κ3) is 3.75. The second-order valence-electron chi connectivity index (χ2n) is 5.93. The van der Waals surface area contributed by atoms with Gasteiger partial charge in [0.15, 0.2) is 11.5 Å². The van der Waals surface area contributed by atoms with Crippen molar-refractivity contribution < 1.29 is 19.1 Å². The first-order chi connectivity index (χ1) is 12.5. The minimum absolute atomic E-state index is 0.0371. The van der Waals surface area contributed by atoms with Crippen LogP contribution >= 0.6 is 11.6 Å². The predicted octanol–water partition coefficient (Wildman–Crippen LogP) is 2.89. The number of carbonyl (C=O) groups excluding carboxylic acids is 2. The topological polar surface area (TPSA) is 67.9 Å². The van der Waals surface area contributed by atoms with Crippen LogP contribution in [0.2, 0.25) is 5.02 Å². The van der Waals surface area contributed by atoms with Crippen molar-refractivity contribution in [3.63, 3.8) is 0 Å². The Morgan fingerprint density at radius 1 is 1.12 bits per heavy atom. The summed E-state index contributed by atoms with van der Waals surface area (Å²) in [5, 5.41) is 3.51. The lowest BCUT2D eigenvalue weighted by molar-refractivity contribution is -0.117. The van der Waals surface area contributed by atoms with Crippen molar-refractivity contribution in [2.75, 3.05) is 25.7 Å². The average Bonchev–Trinajstić information content (AvgIpc) is 3.01. The standard InChI is InChI=1S/C19H19ClN2O4/c1-25-16-8-3-12(9-17(16)26-2)19(24)21-14-10-18(23)22(11-14)15-6-4-13(20)5-7-15/h3-9,14H,10-11H2,1-2H3,(H,21,24)/t14-/m1/s1. The molecular weight excluding hydrogens is 356 g/mol. The molecule has 2 aromatic carbocycles. The number of rotatable bonds is 5. The zero-order chi connectivity index (χ0) is 18.7. The molecule has 136 valence electrons. The van der Waals surface area contributed by atoms with E-state index in [9.17, 15) is 9.59 Å². The Hall–Kier alpha value is -2.73. The molecule has 0 aromatic heterocycles. The van der Waals surface area contributed by atoms with E-state index >= 15 is 0 Å². The van der Waals surface area contributed by atoms with Gasteiger partial charge in [0.25, 0.3) is 5.91 Å². The molecule has 1 N–H and O–H groups in total. The van der Waals surface area contributed by atoms with Crippen molar-refractivity contribution in [2.45, 2.75) is 12.5 Å². The fraction of sp³-hybridized carbons (Fsp3) is 0.263. The minimum Gasteiger partial charge on any atom is -0.493 e. The van der Waals surface area contributed by atoms with E-state index in [1.54, 1.807) is 47.4 Å². The maximum absolute atomic E-state index is 12.5. The monoisotopic (exact) mass is 374 g/mol. The Morgan fingerprint density at radius 2 is 1.81 bits per heavy atom. The molecular formula is C19H19ClN2O4. The summed E-state index contributed by atoms with van der Waals surface area (Å²) in [4.78, 5) is 26.4. The van der Waals surface area contributed by atoms with Gasteiger partial charge in [-0.05, 0) is 42.5 Å². The lowest BCUT2D eigenvalue weighted by atomic mass is 10.1. The Kier molecular flexibility index (Phi) is 5.32. The van der Waals surface area contributed by atoms with Crippen molar-refractivity contribution in [1.29, 1.82) is 0 Å². The highest BCUT2D eigenvalue weighted by Crippen LogP contribution is 2.28.